The molecule has 0 saturated carbocycles. The Morgan fingerprint density at radius 3 is 2.33 bits per heavy atom. The fourth-order valence-electron chi connectivity index (χ4n) is 2.62. The molecular weight excluding hydrogens is 324 g/mol. The van der Waals surface area contributed by atoms with Crippen LogP contribution in [0.5, 0.6) is 0 Å². The zero-order chi connectivity index (χ0) is 17.4. The lowest BCUT2D eigenvalue weighted by atomic mass is 10.1. The second-order valence-electron chi connectivity index (χ2n) is 5.92. The van der Waals surface area contributed by atoms with E-state index in [1.54, 1.807) is 18.2 Å². The third-order valence-electron chi connectivity index (χ3n) is 3.94. The molecule has 0 aromatic heterocycles. The fourth-order valence-corrected chi connectivity index (χ4v) is 2.83. The molecule has 0 aliphatic carbocycles. The van der Waals surface area contributed by atoms with Crippen molar-refractivity contribution < 1.29 is 9.59 Å². The van der Waals surface area contributed by atoms with Crippen molar-refractivity contribution in [3.05, 3.63) is 69.9 Å². The molecule has 0 spiro atoms. The lowest BCUT2D eigenvalue weighted by Crippen LogP contribution is -2.32. The van der Waals surface area contributed by atoms with Gasteiger partial charge in [0.05, 0.1) is 5.69 Å². The van der Waals surface area contributed by atoms with Gasteiger partial charge in [-0.2, -0.15) is 0 Å². The van der Waals surface area contributed by atoms with Gasteiger partial charge in [-0.25, -0.2) is 4.90 Å². The zero-order valence-corrected chi connectivity index (χ0v) is 14.4. The van der Waals surface area contributed by atoms with E-state index in [1.165, 1.54) is 0 Å². The Morgan fingerprint density at radius 2 is 1.62 bits per heavy atom. The average molecular weight is 341 g/mol. The number of nitrogens with zero attached hydrogens (tertiary/aromatic N) is 1. The number of rotatable bonds is 3. The SMILES string of the molecule is Cc1cccc(N2C(=O)C(Cl)=C(Nc3cc(C)ccc3C)C2=O)c1. The monoisotopic (exact) mass is 340 g/mol. The molecule has 2 amide bonds. The Kier molecular flexibility index (Phi) is 4.16. The molecule has 122 valence electrons. The number of nitrogens with one attached hydrogen (secondary N) is 1. The first-order valence-corrected chi connectivity index (χ1v) is 7.96. The predicted octanol–water partition coefficient (Wildman–Crippen LogP) is 4.05. The summed E-state index contributed by atoms with van der Waals surface area (Å²) >= 11 is 6.16. The van der Waals surface area contributed by atoms with Gasteiger partial charge in [0, 0.05) is 5.69 Å². The van der Waals surface area contributed by atoms with Crippen molar-refractivity contribution in [2.75, 3.05) is 10.2 Å². The van der Waals surface area contributed by atoms with Crippen LogP contribution in [0, 0.1) is 20.8 Å². The van der Waals surface area contributed by atoms with Crippen molar-refractivity contribution in [1.82, 2.24) is 0 Å². The second-order valence-corrected chi connectivity index (χ2v) is 6.30. The summed E-state index contributed by atoms with van der Waals surface area (Å²) < 4.78 is 0. The highest BCUT2D eigenvalue weighted by Gasteiger charge is 2.39. The van der Waals surface area contributed by atoms with E-state index in [-0.39, 0.29) is 10.7 Å². The molecule has 0 bridgehead atoms. The molecule has 0 radical (unpaired) electrons. The second kappa shape index (κ2) is 6.13. The molecule has 0 saturated heterocycles. The number of amides is 2. The summed E-state index contributed by atoms with van der Waals surface area (Å²) in [4.78, 5) is 26.3. The molecule has 24 heavy (non-hydrogen) atoms. The van der Waals surface area contributed by atoms with Crippen molar-refractivity contribution in [3.8, 4) is 0 Å². The molecule has 2 aromatic carbocycles. The summed E-state index contributed by atoms with van der Waals surface area (Å²) in [7, 11) is 0. The molecule has 1 aliphatic rings. The van der Waals surface area contributed by atoms with Crippen LogP contribution in [0.4, 0.5) is 11.4 Å². The van der Waals surface area contributed by atoms with E-state index in [4.69, 9.17) is 11.6 Å². The first kappa shape index (κ1) is 16.3. The number of imide groups is 1. The first-order chi connectivity index (χ1) is 11.4. The van der Waals surface area contributed by atoms with E-state index in [0.717, 1.165) is 27.3 Å². The minimum Gasteiger partial charge on any atom is -0.349 e. The Labute approximate surface area is 145 Å². The van der Waals surface area contributed by atoms with Gasteiger partial charge in [-0.3, -0.25) is 9.59 Å². The maximum atomic E-state index is 12.7. The van der Waals surface area contributed by atoms with Crippen LogP contribution < -0.4 is 10.2 Å². The van der Waals surface area contributed by atoms with Gasteiger partial charge < -0.3 is 5.32 Å². The molecule has 2 aromatic rings. The lowest BCUT2D eigenvalue weighted by molar-refractivity contribution is -0.120. The summed E-state index contributed by atoms with van der Waals surface area (Å²) in [6.07, 6.45) is 0. The summed E-state index contributed by atoms with van der Waals surface area (Å²) in [5, 5.41) is 2.93. The summed E-state index contributed by atoms with van der Waals surface area (Å²) in [6, 6.07) is 13.0. The van der Waals surface area contributed by atoms with E-state index in [0.29, 0.717) is 5.69 Å². The number of aryl methyl sites for hydroxylation is 3. The van der Waals surface area contributed by atoms with Gasteiger partial charge in [-0.1, -0.05) is 35.9 Å². The van der Waals surface area contributed by atoms with Gasteiger partial charge in [-0.15, -0.1) is 0 Å². The van der Waals surface area contributed by atoms with Crippen LogP contribution in [0.3, 0.4) is 0 Å². The molecule has 5 heteroatoms. The van der Waals surface area contributed by atoms with Gasteiger partial charge in [0.25, 0.3) is 11.8 Å². The molecule has 1 aliphatic heterocycles. The van der Waals surface area contributed by atoms with Crippen molar-refractivity contribution in [3.63, 3.8) is 0 Å². The molecule has 0 atom stereocenters. The van der Waals surface area contributed by atoms with E-state index < -0.39 is 11.8 Å². The quantitative estimate of drug-likeness (QED) is 0.858. The number of benzene rings is 2. The van der Waals surface area contributed by atoms with Crippen molar-refractivity contribution >= 4 is 34.8 Å². The zero-order valence-electron chi connectivity index (χ0n) is 13.7. The Hall–Kier alpha value is -2.59. The van der Waals surface area contributed by atoms with Gasteiger partial charge in [0.15, 0.2) is 0 Å². The molecule has 0 unspecified atom stereocenters. The summed E-state index contributed by atoms with van der Waals surface area (Å²) in [5.74, 6) is -0.962. The summed E-state index contributed by atoms with van der Waals surface area (Å²) in [6.45, 7) is 5.79. The van der Waals surface area contributed by atoms with Crippen molar-refractivity contribution in [2.24, 2.45) is 0 Å². The minimum atomic E-state index is -0.514. The number of hydrogen-bond donors (Lipinski definition) is 1. The van der Waals surface area contributed by atoms with Gasteiger partial charge >= 0.3 is 0 Å². The van der Waals surface area contributed by atoms with Crippen molar-refractivity contribution in [2.45, 2.75) is 20.8 Å². The smallest absolute Gasteiger partial charge is 0.283 e. The van der Waals surface area contributed by atoms with E-state index in [1.807, 2.05) is 45.0 Å². The van der Waals surface area contributed by atoms with E-state index in [9.17, 15) is 9.59 Å². The van der Waals surface area contributed by atoms with Crippen LogP contribution in [0.25, 0.3) is 0 Å². The number of carbonyl (C=O) groups is 2. The number of hydrogen-bond acceptors (Lipinski definition) is 3. The third-order valence-corrected chi connectivity index (χ3v) is 4.29. The number of anilines is 2. The standard InChI is InChI=1S/C19H17ClN2O2/c1-11-5-4-6-14(9-11)22-18(23)16(20)17(19(22)24)21-15-10-12(2)7-8-13(15)3/h4-10,21H,1-3H3. The molecule has 1 N–H and O–H groups in total. The van der Waals surface area contributed by atoms with Gasteiger partial charge in [0.2, 0.25) is 0 Å². The van der Waals surface area contributed by atoms with Crippen molar-refractivity contribution in [1.29, 1.82) is 0 Å². The van der Waals surface area contributed by atoms with E-state index in [2.05, 4.69) is 5.32 Å². The number of halogens is 1. The third kappa shape index (κ3) is 2.81. The highest BCUT2D eigenvalue weighted by Crippen LogP contribution is 2.31. The maximum Gasteiger partial charge on any atom is 0.283 e. The number of carbonyl (C=O) groups excluding carboxylic acids is 2. The Bertz CT molecular complexity index is 887. The summed E-state index contributed by atoms with van der Waals surface area (Å²) in [5.41, 5.74) is 4.35. The highest BCUT2D eigenvalue weighted by atomic mass is 35.5. The molecule has 1 heterocycles. The Morgan fingerprint density at radius 1 is 0.917 bits per heavy atom. The minimum absolute atomic E-state index is 0.0950. The molecular formula is C19H17ClN2O2. The molecule has 3 rings (SSSR count). The van der Waals surface area contributed by atoms with Crippen LogP contribution in [0.1, 0.15) is 16.7 Å². The van der Waals surface area contributed by atoms with E-state index >= 15 is 0 Å². The van der Waals surface area contributed by atoms with Crippen LogP contribution in [0.2, 0.25) is 0 Å². The molecule has 0 fully saturated rings. The van der Waals surface area contributed by atoms with Gasteiger partial charge in [-0.05, 0) is 55.7 Å². The lowest BCUT2D eigenvalue weighted by Gasteiger charge is -2.16. The first-order valence-electron chi connectivity index (χ1n) is 7.58. The fraction of sp³-hybridized carbons (Fsp3) is 0.158. The van der Waals surface area contributed by atoms with Crippen LogP contribution >= 0.6 is 11.6 Å². The normalized spacial score (nSPS) is 14.6. The predicted molar refractivity (Wildman–Crippen MR) is 96.1 cm³/mol. The van der Waals surface area contributed by atoms with Crippen LogP contribution in [0.15, 0.2) is 53.2 Å². The van der Waals surface area contributed by atoms with Gasteiger partial charge in [0.1, 0.15) is 10.7 Å². The molecule has 4 nitrogen and oxygen atoms in total. The topological polar surface area (TPSA) is 49.4 Å². The maximum absolute atomic E-state index is 12.7. The largest absolute Gasteiger partial charge is 0.349 e. The Balaban J connectivity index is 1.96. The highest BCUT2D eigenvalue weighted by molar-refractivity contribution is 6.53. The average Bonchev–Trinajstić information content (AvgIpc) is 2.74. The van der Waals surface area contributed by atoms with Crippen LogP contribution in [-0.4, -0.2) is 11.8 Å². The van der Waals surface area contributed by atoms with Crippen LogP contribution in [-0.2, 0) is 9.59 Å².